The summed E-state index contributed by atoms with van der Waals surface area (Å²) in [5.74, 6) is -0.204. The number of anilines is 4. The van der Waals surface area contributed by atoms with E-state index in [-0.39, 0.29) is 5.92 Å². The summed E-state index contributed by atoms with van der Waals surface area (Å²) in [6.07, 6.45) is 4.69. The van der Waals surface area contributed by atoms with Crippen molar-refractivity contribution in [1.29, 1.82) is 0 Å². The summed E-state index contributed by atoms with van der Waals surface area (Å²) in [5.41, 5.74) is 14.7. The molecule has 4 amide bonds. The SMILES string of the molecule is Cc1cccc(N2C(=O)C=C(C3CC(C(C)C)CCC3(C)C3=CC(=O)N(c4cccc(C)c4Oc4ccc(N)cc4)C3=O)C2=O)c1Oc1ccc(N)cc1. The Hall–Kier alpha value is -6.16. The van der Waals surface area contributed by atoms with Crippen LogP contribution in [0.2, 0.25) is 0 Å². The Morgan fingerprint density at radius 2 is 1.17 bits per heavy atom. The molecule has 0 saturated heterocycles. The van der Waals surface area contributed by atoms with Crippen molar-refractivity contribution in [2.45, 2.75) is 53.9 Å². The Balaban J connectivity index is 1.23. The van der Waals surface area contributed by atoms with E-state index in [1.165, 1.54) is 12.2 Å². The molecule has 0 aromatic heterocycles. The van der Waals surface area contributed by atoms with Gasteiger partial charge in [0, 0.05) is 40.1 Å². The molecular weight excluding hydrogens is 681 g/mol. The maximum atomic E-state index is 14.6. The van der Waals surface area contributed by atoms with Gasteiger partial charge >= 0.3 is 0 Å². The van der Waals surface area contributed by atoms with Crippen LogP contribution in [0.3, 0.4) is 0 Å². The molecule has 10 heteroatoms. The third-order valence-corrected chi connectivity index (χ3v) is 11.2. The number of ether oxygens (including phenoxy) is 2. The molecule has 10 nitrogen and oxygen atoms in total. The number of nitrogens with two attached hydrogens (primary N) is 2. The lowest BCUT2D eigenvalue weighted by Crippen LogP contribution is -2.44. The van der Waals surface area contributed by atoms with Gasteiger partial charge in [-0.3, -0.25) is 19.2 Å². The molecule has 4 N–H and O–H groups in total. The minimum atomic E-state index is -0.942. The van der Waals surface area contributed by atoms with E-state index >= 15 is 0 Å². The van der Waals surface area contributed by atoms with Crippen LogP contribution in [0.25, 0.3) is 0 Å². The maximum Gasteiger partial charge on any atom is 0.262 e. The van der Waals surface area contributed by atoms with E-state index in [4.69, 9.17) is 20.9 Å². The first-order chi connectivity index (χ1) is 25.8. The van der Waals surface area contributed by atoms with Crippen LogP contribution in [-0.2, 0) is 19.2 Å². The fourth-order valence-electron chi connectivity index (χ4n) is 8.01. The summed E-state index contributed by atoms with van der Waals surface area (Å²) in [5, 5.41) is 0. The smallest absolute Gasteiger partial charge is 0.262 e. The Bertz CT molecular complexity index is 2240. The number of nitrogens with zero attached hydrogens (tertiary/aromatic N) is 2. The average molecular weight is 725 g/mol. The number of para-hydroxylation sites is 2. The summed E-state index contributed by atoms with van der Waals surface area (Å²) in [4.78, 5) is 59.4. The largest absolute Gasteiger partial charge is 0.455 e. The van der Waals surface area contributed by atoms with Gasteiger partial charge in [-0.25, -0.2) is 9.80 Å². The molecule has 276 valence electrons. The number of rotatable bonds is 9. The van der Waals surface area contributed by atoms with Crippen LogP contribution in [0.5, 0.6) is 23.0 Å². The van der Waals surface area contributed by atoms with Gasteiger partial charge in [0.25, 0.3) is 23.6 Å². The van der Waals surface area contributed by atoms with Gasteiger partial charge in [0.2, 0.25) is 0 Å². The van der Waals surface area contributed by atoms with Gasteiger partial charge in [0.1, 0.15) is 11.5 Å². The summed E-state index contributed by atoms with van der Waals surface area (Å²) < 4.78 is 12.5. The van der Waals surface area contributed by atoms with Crippen LogP contribution >= 0.6 is 0 Å². The molecule has 2 heterocycles. The molecule has 4 aromatic carbocycles. The number of imide groups is 2. The molecule has 0 spiro atoms. The maximum absolute atomic E-state index is 14.6. The van der Waals surface area contributed by atoms with E-state index in [0.717, 1.165) is 27.3 Å². The van der Waals surface area contributed by atoms with E-state index in [0.29, 0.717) is 75.7 Å². The first kappa shape index (κ1) is 36.2. The lowest BCUT2D eigenvalue weighted by molar-refractivity contribution is -0.123. The standard InChI is InChI=1S/C44H44N4O6/c1-25(2)28-20-21-44(5,35-24-39(50)48(43(35)52)37-11-7-9-27(4)41(37)54-32-18-14-30(46)15-19-32)34(22-28)33-23-38(49)47(42(33)51)36-10-6-8-26(3)40(36)53-31-16-12-29(45)13-17-31/h6-19,23-25,28,34H,20-22,45-46H2,1-5H3. The zero-order valence-electron chi connectivity index (χ0n) is 31.1. The first-order valence-electron chi connectivity index (χ1n) is 18.2. The zero-order chi connectivity index (χ0) is 38.5. The first-order valence-corrected chi connectivity index (χ1v) is 18.2. The third kappa shape index (κ3) is 6.42. The lowest BCUT2D eigenvalue weighted by atomic mass is 9.57. The summed E-state index contributed by atoms with van der Waals surface area (Å²) in [6, 6.07) is 24.4. The summed E-state index contributed by atoms with van der Waals surface area (Å²) in [6.45, 7) is 9.93. The quantitative estimate of drug-likeness (QED) is 0.129. The van der Waals surface area contributed by atoms with Gasteiger partial charge < -0.3 is 20.9 Å². The highest BCUT2D eigenvalue weighted by Crippen LogP contribution is 2.56. The lowest BCUT2D eigenvalue weighted by Gasteiger charge is -2.46. The molecule has 2 aliphatic heterocycles. The molecule has 1 saturated carbocycles. The summed E-state index contributed by atoms with van der Waals surface area (Å²) in [7, 11) is 0. The van der Waals surface area contributed by atoms with Crippen LogP contribution in [0.1, 0.15) is 51.2 Å². The normalized spacial score (nSPS) is 21.5. The second-order valence-electron chi connectivity index (χ2n) is 15.1. The minimum Gasteiger partial charge on any atom is -0.455 e. The number of hydrogen-bond donors (Lipinski definition) is 2. The molecule has 0 bridgehead atoms. The van der Waals surface area contributed by atoms with Crippen molar-refractivity contribution in [1.82, 2.24) is 0 Å². The monoisotopic (exact) mass is 724 g/mol. The molecule has 1 fully saturated rings. The Labute approximate surface area is 315 Å². The highest BCUT2D eigenvalue weighted by Gasteiger charge is 2.53. The fourth-order valence-corrected chi connectivity index (χ4v) is 8.01. The number of carbonyl (C=O) groups excluding carboxylic acids is 4. The molecule has 0 radical (unpaired) electrons. The number of hydrogen-bond acceptors (Lipinski definition) is 8. The number of amides is 4. The van der Waals surface area contributed by atoms with Gasteiger partial charge in [-0.15, -0.1) is 0 Å². The van der Waals surface area contributed by atoms with Crippen molar-refractivity contribution in [3.8, 4) is 23.0 Å². The Kier molecular flexibility index (Phi) is 9.39. The van der Waals surface area contributed by atoms with Gasteiger partial charge in [-0.2, -0.15) is 0 Å². The number of benzene rings is 4. The summed E-state index contributed by atoms with van der Waals surface area (Å²) >= 11 is 0. The van der Waals surface area contributed by atoms with Crippen molar-refractivity contribution in [2.24, 2.45) is 23.2 Å². The highest BCUT2D eigenvalue weighted by molar-refractivity contribution is 6.33. The molecule has 3 unspecified atom stereocenters. The van der Waals surface area contributed by atoms with Crippen molar-refractivity contribution in [3.05, 3.63) is 119 Å². The predicted molar refractivity (Wildman–Crippen MR) is 209 cm³/mol. The van der Waals surface area contributed by atoms with Gasteiger partial charge in [-0.1, -0.05) is 45.0 Å². The van der Waals surface area contributed by atoms with E-state index in [1.54, 1.807) is 72.8 Å². The van der Waals surface area contributed by atoms with Crippen LogP contribution < -0.4 is 30.7 Å². The van der Waals surface area contributed by atoms with E-state index < -0.39 is 35.0 Å². The Morgan fingerprint density at radius 3 is 1.67 bits per heavy atom. The van der Waals surface area contributed by atoms with Gasteiger partial charge in [0.15, 0.2) is 11.5 Å². The topological polar surface area (TPSA) is 145 Å². The van der Waals surface area contributed by atoms with Crippen molar-refractivity contribution < 1.29 is 28.7 Å². The number of nitrogen functional groups attached to an aromatic ring is 2. The second-order valence-corrected chi connectivity index (χ2v) is 15.1. The van der Waals surface area contributed by atoms with Crippen LogP contribution in [-0.4, -0.2) is 23.6 Å². The highest BCUT2D eigenvalue weighted by atomic mass is 16.5. The van der Waals surface area contributed by atoms with Gasteiger partial charge in [-0.05, 0) is 123 Å². The molecule has 3 atom stereocenters. The van der Waals surface area contributed by atoms with Crippen molar-refractivity contribution in [3.63, 3.8) is 0 Å². The van der Waals surface area contributed by atoms with Crippen molar-refractivity contribution >= 4 is 46.4 Å². The van der Waals surface area contributed by atoms with Crippen LogP contribution in [0.15, 0.2) is 108 Å². The fraction of sp³-hybridized carbons (Fsp3) is 0.273. The third-order valence-electron chi connectivity index (χ3n) is 11.2. The second kappa shape index (κ2) is 14.0. The van der Waals surface area contributed by atoms with Gasteiger partial charge in [0.05, 0.1) is 11.4 Å². The molecule has 7 rings (SSSR count). The Morgan fingerprint density at radius 1 is 0.685 bits per heavy atom. The molecule has 4 aromatic rings. The zero-order valence-corrected chi connectivity index (χ0v) is 31.1. The van der Waals surface area contributed by atoms with Crippen LogP contribution in [0.4, 0.5) is 22.7 Å². The predicted octanol–water partition coefficient (Wildman–Crippen LogP) is 8.43. The average Bonchev–Trinajstić information content (AvgIpc) is 3.61. The van der Waals surface area contributed by atoms with Crippen molar-refractivity contribution in [2.75, 3.05) is 21.3 Å². The number of aryl methyl sites for hydroxylation is 2. The molecule has 54 heavy (non-hydrogen) atoms. The van der Waals surface area contributed by atoms with E-state index in [1.807, 2.05) is 32.9 Å². The molecular formula is C44H44N4O6. The molecule has 3 aliphatic rings. The number of carbonyl (C=O) groups is 4. The van der Waals surface area contributed by atoms with E-state index in [9.17, 15) is 19.2 Å². The van der Waals surface area contributed by atoms with E-state index in [2.05, 4.69) is 13.8 Å². The van der Waals surface area contributed by atoms with Crippen LogP contribution in [0, 0.1) is 37.0 Å². The molecule has 1 aliphatic carbocycles. The minimum absolute atomic E-state index is 0.227.